The van der Waals surface area contributed by atoms with E-state index in [9.17, 15) is 9.90 Å². The number of fused-ring (bicyclic) bond motifs is 1. The van der Waals surface area contributed by atoms with Gasteiger partial charge in [-0.1, -0.05) is 13.0 Å². The number of carbonyl (C=O) groups excluding carboxylic acids is 1. The van der Waals surface area contributed by atoms with Crippen LogP contribution in [0.4, 0.5) is 5.82 Å². The van der Waals surface area contributed by atoms with Gasteiger partial charge in [-0.15, -0.1) is 0 Å². The standard InChI is InChI=1S/C13H18N4O3/c1-3-9-5-4-8(2)17-12(9)15-10(7-18)13(17)14-6-11(19)16-20/h4-5,14,18,20H,3,6-7H2,1-2H3,(H,16,19). The van der Waals surface area contributed by atoms with Crippen molar-refractivity contribution >= 4 is 17.4 Å². The van der Waals surface area contributed by atoms with Crippen molar-refractivity contribution in [1.29, 1.82) is 0 Å². The van der Waals surface area contributed by atoms with Crippen LogP contribution in [0.5, 0.6) is 0 Å². The summed E-state index contributed by atoms with van der Waals surface area (Å²) in [5.74, 6) is 0.00652. The maximum Gasteiger partial charge on any atom is 0.262 e. The molecule has 0 unspecified atom stereocenters. The van der Waals surface area contributed by atoms with E-state index in [0.29, 0.717) is 11.5 Å². The highest BCUT2D eigenvalue weighted by Crippen LogP contribution is 2.23. The highest BCUT2D eigenvalue weighted by atomic mass is 16.5. The summed E-state index contributed by atoms with van der Waals surface area (Å²) in [5.41, 5.74) is 4.80. The first-order valence-electron chi connectivity index (χ1n) is 6.39. The van der Waals surface area contributed by atoms with Crippen molar-refractivity contribution in [1.82, 2.24) is 14.9 Å². The Bertz CT molecular complexity index is 636. The zero-order chi connectivity index (χ0) is 14.7. The first-order valence-corrected chi connectivity index (χ1v) is 6.39. The molecule has 20 heavy (non-hydrogen) atoms. The van der Waals surface area contributed by atoms with Gasteiger partial charge in [0.1, 0.15) is 17.2 Å². The molecular weight excluding hydrogens is 260 g/mol. The van der Waals surface area contributed by atoms with Gasteiger partial charge in [0, 0.05) is 5.69 Å². The number of rotatable bonds is 5. The second-order valence-corrected chi connectivity index (χ2v) is 4.47. The van der Waals surface area contributed by atoms with Gasteiger partial charge in [0.15, 0.2) is 0 Å². The van der Waals surface area contributed by atoms with Crippen LogP contribution in [0.15, 0.2) is 12.1 Å². The van der Waals surface area contributed by atoms with E-state index < -0.39 is 5.91 Å². The summed E-state index contributed by atoms with van der Waals surface area (Å²) >= 11 is 0. The summed E-state index contributed by atoms with van der Waals surface area (Å²) in [5, 5.41) is 20.9. The van der Waals surface area contributed by atoms with Gasteiger partial charge in [0.05, 0.1) is 13.2 Å². The lowest BCUT2D eigenvalue weighted by Gasteiger charge is -2.10. The molecular formula is C13H18N4O3. The first-order chi connectivity index (χ1) is 9.62. The number of carbonyl (C=O) groups is 1. The first kappa shape index (κ1) is 14.3. The third-order valence-electron chi connectivity index (χ3n) is 3.19. The number of aromatic nitrogens is 2. The van der Waals surface area contributed by atoms with Crippen molar-refractivity contribution in [3.8, 4) is 0 Å². The number of hydrogen-bond donors (Lipinski definition) is 4. The maximum atomic E-state index is 11.1. The van der Waals surface area contributed by atoms with Crippen LogP contribution < -0.4 is 10.8 Å². The number of imidazole rings is 1. The van der Waals surface area contributed by atoms with Gasteiger partial charge >= 0.3 is 0 Å². The Hall–Kier alpha value is -2.12. The molecule has 2 aromatic heterocycles. The Balaban J connectivity index is 2.53. The molecule has 0 aliphatic carbocycles. The monoisotopic (exact) mass is 278 g/mol. The van der Waals surface area contributed by atoms with Crippen molar-refractivity contribution in [2.75, 3.05) is 11.9 Å². The molecule has 0 radical (unpaired) electrons. The lowest BCUT2D eigenvalue weighted by atomic mass is 10.2. The third-order valence-corrected chi connectivity index (χ3v) is 3.19. The zero-order valence-electron chi connectivity index (χ0n) is 11.5. The summed E-state index contributed by atoms with van der Waals surface area (Å²) in [6.45, 7) is 3.62. The molecule has 7 nitrogen and oxygen atoms in total. The Labute approximate surface area is 116 Å². The molecule has 0 aromatic carbocycles. The van der Waals surface area contributed by atoms with Crippen LogP contribution in [0.25, 0.3) is 5.65 Å². The normalized spacial score (nSPS) is 10.8. The number of amides is 1. The molecule has 0 fully saturated rings. The summed E-state index contributed by atoms with van der Waals surface area (Å²) in [7, 11) is 0. The third kappa shape index (κ3) is 2.45. The van der Waals surface area contributed by atoms with Crippen LogP contribution in [-0.2, 0) is 17.8 Å². The predicted octanol–water partition coefficient (Wildman–Crippen LogP) is 0.615. The smallest absolute Gasteiger partial charge is 0.262 e. The van der Waals surface area contributed by atoms with Crippen LogP contribution >= 0.6 is 0 Å². The van der Waals surface area contributed by atoms with E-state index in [1.807, 2.05) is 30.4 Å². The molecule has 4 N–H and O–H groups in total. The zero-order valence-corrected chi connectivity index (χ0v) is 11.5. The van der Waals surface area contributed by atoms with E-state index in [1.54, 1.807) is 5.48 Å². The lowest BCUT2D eigenvalue weighted by Crippen LogP contribution is -2.27. The molecule has 2 aromatic rings. The summed E-state index contributed by atoms with van der Waals surface area (Å²) in [6.07, 6.45) is 0.822. The van der Waals surface area contributed by atoms with Gasteiger partial charge in [-0.3, -0.25) is 14.4 Å². The van der Waals surface area contributed by atoms with E-state index in [2.05, 4.69) is 10.3 Å². The minimum Gasteiger partial charge on any atom is -0.390 e. The number of nitrogens with zero attached hydrogens (tertiary/aromatic N) is 2. The topological polar surface area (TPSA) is 98.9 Å². The van der Waals surface area contributed by atoms with E-state index in [1.165, 1.54) is 0 Å². The average molecular weight is 278 g/mol. The number of aryl methyl sites for hydroxylation is 2. The molecule has 0 spiro atoms. The number of nitrogens with one attached hydrogen (secondary N) is 2. The Morgan fingerprint density at radius 3 is 2.80 bits per heavy atom. The van der Waals surface area contributed by atoms with Gasteiger partial charge in [-0.2, -0.15) is 0 Å². The van der Waals surface area contributed by atoms with Gasteiger partial charge < -0.3 is 10.4 Å². The molecule has 108 valence electrons. The van der Waals surface area contributed by atoms with Crippen LogP contribution in [-0.4, -0.2) is 32.2 Å². The largest absolute Gasteiger partial charge is 0.390 e. The van der Waals surface area contributed by atoms with Crippen LogP contribution in [0, 0.1) is 6.92 Å². The summed E-state index contributed by atoms with van der Waals surface area (Å²) in [4.78, 5) is 15.6. The number of pyridine rings is 1. The highest BCUT2D eigenvalue weighted by Gasteiger charge is 2.15. The molecule has 2 rings (SSSR count). The Kier molecular flexibility index (Phi) is 4.21. The second-order valence-electron chi connectivity index (χ2n) is 4.47. The maximum absolute atomic E-state index is 11.1. The minimum atomic E-state index is -0.562. The molecule has 1 amide bonds. The van der Waals surface area contributed by atoms with Crippen molar-refractivity contribution in [3.63, 3.8) is 0 Å². The number of hydrogen-bond acceptors (Lipinski definition) is 5. The van der Waals surface area contributed by atoms with Crippen molar-refractivity contribution in [2.45, 2.75) is 26.9 Å². The quantitative estimate of drug-likeness (QED) is 0.474. The molecule has 0 aliphatic rings. The van der Waals surface area contributed by atoms with Crippen LogP contribution in [0.2, 0.25) is 0 Å². The molecule has 7 heteroatoms. The average Bonchev–Trinajstić information content (AvgIpc) is 2.84. The number of aliphatic hydroxyl groups excluding tert-OH is 1. The fourth-order valence-corrected chi connectivity index (χ4v) is 2.17. The Morgan fingerprint density at radius 2 is 2.20 bits per heavy atom. The lowest BCUT2D eigenvalue weighted by molar-refractivity contribution is -0.127. The number of anilines is 1. The van der Waals surface area contributed by atoms with E-state index >= 15 is 0 Å². The fraction of sp³-hybridized carbons (Fsp3) is 0.385. The van der Waals surface area contributed by atoms with E-state index in [0.717, 1.165) is 23.3 Å². The van der Waals surface area contributed by atoms with Gasteiger partial charge in [-0.05, 0) is 25.0 Å². The molecule has 0 aliphatic heterocycles. The molecule has 0 atom stereocenters. The predicted molar refractivity (Wildman–Crippen MR) is 73.6 cm³/mol. The highest BCUT2D eigenvalue weighted by molar-refractivity contribution is 5.79. The summed E-state index contributed by atoms with van der Waals surface area (Å²) < 4.78 is 1.87. The Morgan fingerprint density at radius 1 is 1.45 bits per heavy atom. The van der Waals surface area contributed by atoms with Gasteiger partial charge in [0.25, 0.3) is 5.91 Å². The van der Waals surface area contributed by atoms with Gasteiger partial charge in [-0.25, -0.2) is 10.5 Å². The number of aliphatic hydroxyl groups is 1. The van der Waals surface area contributed by atoms with Crippen molar-refractivity contribution in [2.24, 2.45) is 0 Å². The number of hydroxylamine groups is 1. The molecule has 0 saturated carbocycles. The summed E-state index contributed by atoms with van der Waals surface area (Å²) in [6, 6.07) is 3.97. The van der Waals surface area contributed by atoms with Gasteiger partial charge in [0.2, 0.25) is 0 Å². The molecule has 0 bridgehead atoms. The van der Waals surface area contributed by atoms with Crippen molar-refractivity contribution < 1.29 is 15.1 Å². The van der Waals surface area contributed by atoms with E-state index in [-0.39, 0.29) is 13.2 Å². The minimum absolute atomic E-state index is 0.104. The SMILES string of the molecule is CCc1ccc(C)n2c(NCC(=O)NO)c(CO)nc12. The van der Waals surface area contributed by atoms with E-state index in [4.69, 9.17) is 5.21 Å². The fourth-order valence-electron chi connectivity index (χ4n) is 2.17. The van der Waals surface area contributed by atoms with Crippen molar-refractivity contribution in [3.05, 3.63) is 29.1 Å². The molecule has 2 heterocycles. The molecule has 0 saturated heterocycles. The second kappa shape index (κ2) is 5.89. The van der Waals surface area contributed by atoms with Crippen LogP contribution in [0.1, 0.15) is 23.9 Å². The van der Waals surface area contributed by atoms with Crippen LogP contribution in [0.3, 0.4) is 0 Å².